The standard InChI is InChI=1S/C16H20F3N7O/c1-9-13(7-26(25-9)11-4-3-10(8-27)21-5-11)23-15-22-6-12(16(17,18)19)14(20-2)24-15/h6-8,10-11,21H,3-5H2,1-2H3,(H2,20,22,23,24). The van der Waals surface area contributed by atoms with E-state index in [4.69, 9.17) is 0 Å². The number of carbonyl (C=O) groups excluding carboxylic acids is 1. The molecule has 0 bridgehead atoms. The topological polar surface area (TPSA) is 96.8 Å². The van der Waals surface area contributed by atoms with Crippen molar-refractivity contribution in [3.63, 3.8) is 0 Å². The third kappa shape index (κ3) is 4.18. The average Bonchev–Trinajstić information content (AvgIpc) is 3.01. The molecule has 0 spiro atoms. The van der Waals surface area contributed by atoms with Gasteiger partial charge in [-0.25, -0.2) is 4.98 Å². The first-order chi connectivity index (χ1) is 12.8. The molecule has 0 saturated carbocycles. The molecule has 1 aliphatic heterocycles. The van der Waals surface area contributed by atoms with Crippen LogP contribution in [-0.2, 0) is 11.0 Å². The van der Waals surface area contributed by atoms with Gasteiger partial charge < -0.3 is 20.7 Å². The van der Waals surface area contributed by atoms with Crippen LogP contribution in [0.5, 0.6) is 0 Å². The minimum absolute atomic E-state index is 0.0396. The van der Waals surface area contributed by atoms with E-state index in [0.717, 1.165) is 25.3 Å². The first kappa shape index (κ1) is 19.1. The number of alkyl halides is 3. The van der Waals surface area contributed by atoms with E-state index in [-0.39, 0.29) is 23.8 Å². The van der Waals surface area contributed by atoms with Crippen LogP contribution >= 0.6 is 0 Å². The van der Waals surface area contributed by atoms with Crippen molar-refractivity contribution >= 4 is 23.7 Å². The number of aromatic nitrogens is 4. The van der Waals surface area contributed by atoms with Crippen LogP contribution in [0.15, 0.2) is 12.4 Å². The summed E-state index contributed by atoms with van der Waals surface area (Å²) >= 11 is 0. The number of aryl methyl sites for hydroxylation is 1. The number of hydrogen-bond donors (Lipinski definition) is 3. The van der Waals surface area contributed by atoms with Crippen molar-refractivity contribution in [2.75, 3.05) is 24.2 Å². The molecule has 1 fully saturated rings. The molecule has 2 aromatic heterocycles. The second-order valence-corrected chi connectivity index (χ2v) is 6.32. The number of carbonyl (C=O) groups is 1. The van der Waals surface area contributed by atoms with E-state index in [2.05, 4.69) is 31.0 Å². The third-order valence-electron chi connectivity index (χ3n) is 4.46. The lowest BCUT2D eigenvalue weighted by atomic mass is 10.0. The summed E-state index contributed by atoms with van der Waals surface area (Å²) in [6.45, 7) is 2.40. The van der Waals surface area contributed by atoms with Crippen LogP contribution in [0.1, 0.15) is 30.1 Å². The van der Waals surface area contributed by atoms with Gasteiger partial charge in [-0.05, 0) is 19.8 Å². The minimum atomic E-state index is -4.54. The van der Waals surface area contributed by atoms with E-state index >= 15 is 0 Å². The summed E-state index contributed by atoms with van der Waals surface area (Å²) < 4.78 is 40.6. The molecule has 0 aromatic carbocycles. The number of anilines is 3. The largest absolute Gasteiger partial charge is 0.421 e. The van der Waals surface area contributed by atoms with Gasteiger partial charge in [0.15, 0.2) is 0 Å². The summed E-state index contributed by atoms with van der Waals surface area (Å²) in [4.78, 5) is 18.5. The van der Waals surface area contributed by atoms with Crippen molar-refractivity contribution in [2.45, 2.75) is 38.0 Å². The molecule has 0 aliphatic carbocycles. The van der Waals surface area contributed by atoms with Gasteiger partial charge in [0, 0.05) is 26.0 Å². The molecule has 3 heterocycles. The number of piperidine rings is 1. The van der Waals surface area contributed by atoms with Crippen molar-refractivity contribution in [2.24, 2.45) is 0 Å². The Morgan fingerprint density at radius 1 is 1.37 bits per heavy atom. The maximum absolute atomic E-state index is 12.9. The van der Waals surface area contributed by atoms with Gasteiger partial charge in [-0.2, -0.15) is 23.3 Å². The molecular formula is C16H20F3N7O. The number of nitrogens with zero attached hydrogens (tertiary/aromatic N) is 4. The maximum Gasteiger partial charge on any atom is 0.421 e. The SMILES string of the molecule is CNc1nc(Nc2cn(C3CCC(C=O)NC3)nc2C)ncc1C(F)(F)F. The average molecular weight is 383 g/mol. The summed E-state index contributed by atoms with van der Waals surface area (Å²) in [5, 5.41) is 13.0. The van der Waals surface area contributed by atoms with Gasteiger partial charge in [0.05, 0.1) is 23.5 Å². The molecule has 3 N–H and O–H groups in total. The number of nitrogens with one attached hydrogen (secondary N) is 3. The second-order valence-electron chi connectivity index (χ2n) is 6.32. The van der Waals surface area contributed by atoms with Crippen molar-refractivity contribution in [3.8, 4) is 0 Å². The van der Waals surface area contributed by atoms with Gasteiger partial charge >= 0.3 is 6.18 Å². The lowest BCUT2D eigenvalue weighted by Gasteiger charge is -2.26. The van der Waals surface area contributed by atoms with Gasteiger partial charge in [-0.1, -0.05) is 0 Å². The van der Waals surface area contributed by atoms with Gasteiger partial charge in [-0.15, -0.1) is 0 Å². The fourth-order valence-electron chi connectivity index (χ4n) is 2.96. The van der Waals surface area contributed by atoms with Crippen LogP contribution in [0.25, 0.3) is 0 Å². The summed E-state index contributed by atoms with van der Waals surface area (Å²) in [5.41, 5.74) is 0.345. The molecule has 1 aliphatic rings. The first-order valence-corrected chi connectivity index (χ1v) is 8.45. The third-order valence-corrected chi connectivity index (χ3v) is 4.46. The number of hydrogen-bond acceptors (Lipinski definition) is 7. The van der Waals surface area contributed by atoms with E-state index in [1.807, 2.05) is 0 Å². The molecule has 2 atom stereocenters. The molecule has 2 aromatic rings. The van der Waals surface area contributed by atoms with E-state index in [9.17, 15) is 18.0 Å². The number of aldehydes is 1. The van der Waals surface area contributed by atoms with E-state index in [1.54, 1.807) is 17.8 Å². The number of halogens is 3. The molecule has 2 unspecified atom stereocenters. The Morgan fingerprint density at radius 3 is 2.74 bits per heavy atom. The van der Waals surface area contributed by atoms with Gasteiger partial charge in [0.25, 0.3) is 0 Å². The fraction of sp³-hybridized carbons (Fsp3) is 0.500. The minimum Gasteiger partial charge on any atom is -0.372 e. The summed E-state index contributed by atoms with van der Waals surface area (Å²) in [6, 6.07) is -0.0344. The second kappa shape index (κ2) is 7.51. The first-order valence-electron chi connectivity index (χ1n) is 8.45. The Bertz CT molecular complexity index is 813. The van der Waals surface area contributed by atoms with E-state index in [1.165, 1.54) is 7.05 Å². The zero-order valence-corrected chi connectivity index (χ0v) is 14.8. The highest BCUT2D eigenvalue weighted by Gasteiger charge is 2.35. The zero-order valence-electron chi connectivity index (χ0n) is 14.8. The smallest absolute Gasteiger partial charge is 0.372 e. The van der Waals surface area contributed by atoms with Crippen LogP contribution in [0, 0.1) is 6.92 Å². The highest BCUT2D eigenvalue weighted by Crippen LogP contribution is 2.34. The Morgan fingerprint density at radius 2 is 2.15 bits per heavy atom. The molecule has 11 heteroatoms. The highest BCUT2D eigenvalue weighted by atomic mass is 19.4. The van der Waals surface area contributed by atoms with Crippen LogP contribution in [0.3, 0.4) is 0 Å². The van der Waals surface area contributed by atoms with Crippen molar-refractivity contribution in [1.29, 1.82) is 0 Å². The summed E-state index contributed by atoms with van der Waals surface area (Å²) in [6.07, 6.45) is 0.402. The van der Waals surface area contributed by atoms with Gasteiger partial charge in [0.2, 0.25) is 5.95 Å². The van der Waals surface area contributed by atoms with Crippen LogP contribution < -0.4 is 16.0 Å². The molecule has 3 rings (SSSR count). The Labute approximate surface area is 153 Å². The van der Waals surface area contributed by atoms with Crippen molar-refractivity contribution < 1.29 is 18.0 Å². The Balaban J connectivity index is 1.77. The van der Waals surface area contributed by atoms with E-state index in [0.29, 0.717) is 17.9 Å². The lowest BCUT2D eigenvalue weighted by Crippen LogP contribution is -2.40. The Hall–Kier alpha value is -2.69. The molecule has 146 valence electrons. The molecule has 27 heavy (non-hydrogen) atoms. The van der Waals surface area contributed by atoms with Crippen LogP contribution in [-0.4, -0.2) is 45.7 Å². The lowest BCUT2D eigenvalue weighted by molar-refractivity contribution is -0.137. The predicted octanol–water partition coefficient (Wildman–Crippen LogP) is 2.28. The normalized spacial score (nSPS) is 20.3. The Kier molecular flexibility index (Phi) is 5.31. The molecule has 0 amide bonds. The quantitative estimate of drug-likeness (QED) is 0.682. The van der Waals surface area contributed by atoms with Crippen molar-refractivity contribution in [3.05, 3.63) is 23.7 Å². The molecule has 1 saturated heterocycles. The van der Waals surface area contributed by atoms with Gasteiger partial charge in [0.1, 0.15) is 17.7 Å². The maximum atomic E-state index is 12.9. The molecule has 0 radical (unpaired) electrons. The van der Waals surface area contributed by atoms with E-state index < -0.39 is 11.7 Å². The number of rotatable bonds is 5. The highest BCUT2D eigenvalue weighted by molar-refractivity contribution is 5.58. The predicted molar refractivity (Wildman–Crippen MR) is 93.0 cm³/mol. The molecule has 8 nitrogen and oxygen atoms in total. The fourth-order valence-corrected chi connectivity index (χ4v) is 2.96. The van der Waals surface area contributed by atoms with Crippen LogP contribution in [0.4, 0.5) is 30.6 Å². The molecular weight excluding hydrogens is 363 g/mol. The van der Waals surface area contributed by atoms with Crippen LogP contribution in [0.2, 0.25) is 0 Å². The summed E-state index contributed by atoms with van der Waals surface area (Å²) in [7, 11) is 1.37. The van der Waals surface area contributed by atoms with Crippen molar-refractivity contribution in [1.82, 2.24) is 25.1 Å². The monoisotopic (exact) mass is 383 g/mol. The summed E-state index contributed by atoms with van der Waals surface area (Å²) in [5.74, 6) is -0.265. The van der Waals surface area contributed by atoms with Gasteiger partial charge in [-0.3, -0.25) is 4.68 Å². The zero-order chi connectivity index (χ0) is 19.6.